The van der Waals surface area contributed by atoms with Gasteiger partial charge in [-0.1, -0.05) is 0 Å². The summed E-state index contributed by atoms with van der Waals surface area (Å²) in [5, 5.41) is 6.50. The van der Waals surface area contributed by atoms with Gasteiger partial charge in [-0.25, -0.2) is 0 Å². The van der Waals surface area contributed by atoms with Crippen molar-refractivity contribution in [2.75, 3.05) is 32.8 Å². The smallest absolute Gasteiger partial charge is 0.223 e. The molecule has 4 heteroatoms. The lowest BCUT2D eigenvalue weighted by Gasteiger charge is -2.23. The zero-order valence-corrected chi connectivity index (χ0v) is 11.0. The van der Waals surface area contributed by atoms with Gasteiger partial charge in [0.05, 0.1) is 0 Å². The molecule has 1 amide bonds. The number of hydrogen-bond donors (Lipinski definition) is 2. The van der Waals surface area contributed by atoms with E-state index in [-0.39, 0.29) is 0 Å². The summed E-state index contributed by atoms with van der Waals surface area (Å²) in [4.78, 5) is 12.1. The van der Waals surface area contributed by atoms with Crippen LogP contribution >= 0.6 is 0 Å². The van der Waals surface area contributed by atoms with E-state index in [1.165, 1.54) is 12.8 Å². The third-order valence-electron chi connectivity index (χ3n) is 4.98. The topological polar surface area (TPSA) is 50.4 Å². The minimum atomic E-state index is 0.302. The molecule has 2 aliphatic heterocycles. The van der Waals surface area contributed by atoms with Crippen LogP contribution in [0.2, 0.25) is 0 Å². The Morgan fingerprint density at radius 3 is 2.94 bits per heavy atom. The van der Waals surface area contributed by atoms with Gasteiger partial charge in [0.1, 0.15) is 0 Å². The average Bonchev–Trinajstić information content (AvgIpc) is 2.85. The molecule has 1 aliphatic carbocycles. The Bertz CT molecular complexity index is 307. The van der Waals surface area contributed by atoms with E-state index in [0.717, 1.165) is 52.1 Å². The summed E-state index contributed by atoms with van der Waals surface area (Å²) in [6, 6.07) is 0. The minimum Gasteiger partial charge on any atom is -0.381 e. The van der Waals surface area contributed by atoms with Crippen LogP contribution in [0.1, 0.15) is 32.1 Å². The van der Waals surface area contributed by atoms with Crippen LogP contribution in [-0.2, 0) is 9.53 Å². The highest BCUT2D eigenvalue weighted by atomic mass is 16.5. The Kier molecular flexibility index (Phi) is 3.57. The van der Waals surface area contributed by atoms with Crippen LogP contribution in [0.25, 0.3) is 0 Å². The first-order chi connectivity index (χ1) is 8.80. The predicted octanol–water partition coefficient (Wildman–Crippen LogP) is 0.919. The van der Waals surface area contributed by atoms with Crippen LogP contribution in [0.15, 0.2) is 0 Å². The fourth-order valence-electron chi connectivity index (χ4n) is 3.53. The average molecular weight is 252 g/mol. The Hall–Kier alpha value is -0.610. The highest BCUT2D eigenvalue weighted by Gasteiger charge is 2.57. The summed E-state index contributed by atoms with van der Waals surface area (Å²) in [5.41, 5.74) is 0.367. The molecular weight excluding hydrogens is 228 g/mol. The van der Waals surface area contributed by atoms with Crippen LogP contribution in [-0.4, -0.2) is 38.8 Å². The second kappa shape index (κ2) is 5.17. The van der Waals surface area contributed by atoms with Gasteiger partial charge >= 0.3 is 0 Å². The number of nitrogens with one attached hydrogen (secondary N) is 2. The van der Waals surface area contributed by atoms with Gasteiger partial charge in [-0.3, -0.25) is 4.79 Å². The fraction of sp³-hybridized carbons (Fsp3) is 0.929. The third-order valence-corrected chi connectivity index (χ3v) is 4.98. The molecule has 1 saturated carbocycles. The molecule has 3 rings (SSSR count). The van der Waals surface area contributed by atoms with E-state index in [1.54, 1.807) is 0 Å². The van der Waals surface area contributed by atoms with Crippen molar-refractivity contribution in [3.05, 3.63) is 0 Å². The maximum absolute atomic E-state index is 12.1. The van der Waals surface area contributed by atoms with Crippen LogP contribution in [0, 0.1) is 17.3 Å². The second-order valence-corrected chi connectivity index (χ2v) is 6.18. The monoisotopic (exact) mass is 252 g/mol. The molecule has 18 heavy (non-hydrogen) atoms. The number of piperidine rings is 1. The first-order valence-electron chi connectivity index (χ1n) is 7.36. The summed E-state index contributed by atoms with van der Waals surface area (Å²) in [5.74, 6) is 1.27. The summed E-state index contributed by atoms with van der Waals surface area (Å²) < 4.78 is 5.34. The number of amides is 1. The summed E-state index contributed by atoms with van der Waals surface area (Å²) >= 11 is 0. The van der Waals surface area contributed by atoms with Gasteiger partial charge in [-0.2, -0.15) is 0 Å². The van der Waals surface area contributed by atoms with Crippen LogP contribution in [0.4, 0.5) is 0 Å². The van der Waals surface area contributed by atoms with E-state index in [4.69, 9.17) is 4.74 Å². The number of hydrogen-bond acceptors (Lipinski definition) is 3. The Morgan fingerprint density at radius 1 is 1.39 bits per heavy atom. The quantitative estimate of drug-likeness (QED) is 0.782. The molecule has 0 aromatic carbocycles. The standard InChI is InChI=1S/C14H24N2O2/c17-13(16-5-1-11-2-8-18-10-11)12-9-14(12)3-6-15-7-4-14/h11-12,15H,1-10H2,(H,16,17). The molecule has 1 spiro atoms. The predicted molar refractivity (Wildman–Crippen MR) is 69.2 cm³/mol. The first-order valence-corrected chi connectivity index (χ1v) is 7.36. The molecule has 0 aromatic rings. The molecule has 2 unspecified atom stereocenters. The summed E-state index contributed by atoms with van der Waals surface area (Å²) in [7, 11) is 0. The van der Waals surface area contributed by atoms with Crippen LogP contribution in [0.3, 0.4) is 0 Å². The molecule has 2 atom stereocenters. The lowest BCUT2D eigenvalue weighted by Crippen LogP contribution is -2.34. The van der Waals surface area contributed by atoms with E-state index in [1.807, 2.05) is 0 Å². The van der Waals surface area contributed by atoms with E-state index in [0.29, 0.717) is 23.2 Å². The molecule has 2 heterocycles. The third kappa shape index (κ3) is 2.54. The summed E-state index contributed by atoms with van der Waals surface area (Å²) in [6.45, 7) is 4.79. The van der Waals surface area contributed by atoms with Crippen molar-refractivity contribution >= 4 is 5.91 Å². The zero-order chi connectivity index (χ0) is 12.4. The molecule has 102 valence electrons. The van der Waals surface area contributed by atoms with Crippen molar-refractivity contribution in [2.24, 2.45) is 17.3 Å². The molecule has 0 aromatic heterocycles. The van der Waals surface area contributed by atoms with Gasteiger partial charge < -0.3 is 15.4 Å². The molecule has 0 radical (unpaired) electrons. The van der Waals surface area contributed by atoms with Crippen molar-refractivity contribution in [3.63, 3.8) is 0 Å². The molecule has 2 N–H and O–H groups in total. The van der Waals surface area contributed by atoms with Crippen LogP contribution in [0.5, 0.6) is 0 Å². The molecular formula is C14H24N2O2. The van der Waals surface area contributed by atoms with Gasteiger partial charge in [0.15, 0.2) is 0 Å². The maximum Gasteiger partial charge on any atom is 0.223 e. The highest BCUT2D eigenvalue weighted by molar-refractivity contribution is 5.82. The molecule has 3 fully saturated rings. The Balaban J connectivity index is 1.37. The van der Waals surface area contributed by atoms with Gasteiger partial charge in [0.2, 0.25) is 5.91 Å². The molecule has 2 saturated heterocycles. The zero-order valence-electron chi connectivity index (χ0n) is 11.0. The second-order valence-electron chi connectivity index (χ2n) is 6.18. The Morgan fingerprint density at radius 2 is 2.22 bits per heavy atom. The number of carbonyl (C=O) groups is 1. The highest BCUT2D eigenvalue weighted by Crippen LogP contribution is 2.58. The minimum absolute atomic E-state index is 0.302. The van der Waals surface area contributed by atoms with E-state index in [9.17, 15) is 4.79 Å². The molecule has 0 bridgehead atoms. The maximum atomic E-state index is 12.1. The van der Waals surface area contributed by atoms with Gasteiger partial charge in [0, 0.05) is 25.7 Å². The number of ether oxygens (including phenoxy) is 1. The van der Waals surface area contributed by atoms with Crippen molar-refractivity contribution in [2.45, 2.75) is 32.1 Å². The van der Waals surface area contributed by atoms with Crippen molar-refractivity contribution in [1.29, 1.82) is 0 Å². The van der Waals surface area contributed by atoms with Crippen molar-refractivity contribution < 1.29 is 9.53 Å². The lowest BCUT2D eigenvalue weighted by atomic mass is 9.92. The van der Waals surface area contributed by atoms with Gasteiger partial charge in [-0.15, -0.1) is 0 Å². The van der Waals surface area contributed by atoms with Gasteiger partial charge in [0.25, 0.3) is 0 Å². The fourth-order valence-corrected chi connectivity index (χ4v) is 3.53. The largest absolute Gasteiger partial charge is 0.381 e. The van der Waals surface area contributed by atoms with Crippen molar-refractivity contribution in [1.82, 2.24) is 10.6 Å². The molecule has 4 nitrogen and oxygen atoms in total. The first kappa shape index (κ1) is 12.4. The normalized spacial score (nSPS) is 33.6. The number of rotatable bonds is 4. The van der Waals surface area contributed by atoms with E-state index < -0.39 is 0 Å². The number of carbonyl (C=O) groups excluding carboxylic acids is 1. The SMILES string of the molecule is O=C(NCCC1CCOC1)C1CC12CCNCC2. The lowest BCUT2D eigenvalue weighted by molar-refractivity contribution is -0.123. The van der Waals surface area contributed by atoms with Gasteiger partial charge in [-0.05, 0) is 56.5 Å². The summed E-state index contributed by atoms with van der Waals surface area (Å²) in [6.07, 6.45) is 5.72. The Labute approximate surface area is 109 Å². The molecule has 3 aliphatic rings. The van der Waals surface area contributed by atoms with E-state index >= 15 is 0 Å². The van der Waals surface area contributed by atoms with Crippen LogP contribution < -0.4 is 10.6 Å². The van der Waals surface area contributed by atoms with E-state index in [2.05, 4.69) is 10.6 Å². The van der Waals surface area contributed by atoms with Crippen molar-refractivity contribution in [3.8, 4) is 0 Å².